The molecular weight excluding hydrogens is 379 g/mol. The van der Waals surface area contributed by atoms with E-state index < -0.39 is 5.97 Å². The van der Waals surface area contributed by atoms with Crippen molar-refractivity contribution in [3.8, 4) is 11.1 Å². The van der Waals surface area contributed by atoms with Crippen LogP contribution in [0.4, 0.5) is 4.39 Å². The fraction of sp³-hybridized carbons (Fsp3) is 0.381. The van der Waals surface area contributed by atoms with Gasteiger partial charge in [0.25, 0.3) is 5.56 Å². The van der Waals surface area contributed by atoms with E-state index in [0.29, 0.717) is 21.7 Å². The van der Waals surface area contributed by atoms with Gasteiger partial charge in [0.1, 0.15) is 23.3 Å². The number of aromatic nitrogens is 2. The molecule has 1 saturated carbocycles. The number of esters is 1. The molecule has 2 heterocycles. The standard InChI is InChI=1S/C21H21FN2O3S/c1-13-3-2-4-16(9-13)27-18(25)10-24-12-23-20-19(21(24)26)17(11-28-20)14-5-7-15(22)8-6-14/h5-8,11-13,16H,2-4,9-10H2,1H3/t13-,16-/m0/s1. The maximum atomic E-state index is 13.2. The van der Waals surface area contributed by atoms with Gasteiger partial charge >= 0.3 is 5.97 Å². The fourth-order valence-corrected chi connectivity index (χ4v) is 4.68. The summed E-state index contributed by atoms with van der Waals surface area (Å²) in [5, 5.41) is 2.27. The number of halogens is 1. The van der Waals surface area contributed by atoms with Gasteiger partial charge < -0.3 is 4.74 Å². The van der Waals surface area contributed by atoms with Crippen LogP contribution in [0.3, 0.4) is 0 Å². The van der Waals surface area contributed by atoms with Crippen molar-refractivity contribution in [3.63, 3.8) is 0 Å². The van der Waals surface area contributed by atoms with Gasteiger partial charge in [-0.25, -0.2) is 9.37 Å². The second-order valence-electron chi connectivity index (χ2n) is 7.40. The zero-order valence-electron chi connectivity index (χ0n) is 15.6. The highest BCUT2D eigenvalue weighted by atomic mass is 32.1. The summed E-state index contributed by atoms with van der Waals surface area (Å²) >= 11 is 1.35. The Morgan fingerprint density at radius 3 is 2.86 bits per heavy atom. The SMILES string of the molecule is C[C@H]1CCC[C@H](OC(=O)Cn2cnc3scc(-c4ccc(F)cc4)c3c2=O)C1. The number of benzene rings is 1. The van der Waals surface area contributed by atoms with Crippen molar-refractivity contribution in [2.24, 2.45) is 5.92 Å². The van der Waals surface area contributed by atoms with Crippen molar-refractivity contribution >= 4 is 27.5 Å². The predicted octanol–water partition coefficient (Wildman–Crippen LogP) is 4.39. The number of hydrogen-bond acceptors (Lipinski definition) is 5. The third-order valence-corrected chi connectivity index (χ3v) is 6.09. The Morgan fingerprint density at radius 1 is 1.32 bits per heavy atom. The van der Waals surface area contributed by atoms with Crippen LogP contribution in [-0.4, -0.2) is 21.6 Å². The minimum Gasteiger partial charge on any atom is -0.461 e. The molecule has 0 N–H and O–H groups in total. The molecule has 7 heteroatoms. The van der Waals surface area contributed by atoms with Crippen LogP contribution in [-0.2, 0) is 16.1 Å². The van der Waals surface area contributed by atoms with Crippen molar-refractivity contribution in [1.82, 2.24) is 9.55 Å². The molecule has 28 heavy (non-hydrogen) atoms. The predicted molar refractivity (Wildman–Crippen MR) is 107 cm³/mol. The number of rotatable bonds is 4. The van der Waals surface area contributed by atoms with Crippen molar-refractivity contribution in [3.05, 3.63) is 52.1 Å². The lowest BCUT2D eigenvalue weighted by Gasteiger charge is -2.26. The first-order valence-corrected chi connectivity index (χ1v) is 10.3. The van der Waals surface area contributed by atoms with Crippen LogP contribution in [0.1, 0.15) is 32.6 Å². The van der Waals surface area contributed by atoms with Gasteiger partial charge in [0.15, 0.2) is 0 Å². The second kappa shape index (κ2) is 7.83. The maximum Gasteiger partial charge on any atom is 0.326 e. The molecule has 5 nitrogen and oxygen atoms in total. The summed E-state index contributed by atoms with van der Waals surface area (Å²) in [6.45, 7) is 2.00. The average molecular weight is 400 g/mol. The second-order valence-corrected chi connectivity index (χ2v) is 8.26. The van der Waals surface area contributed by atoms with E-state index in [4.69, 9.17) is 4.74 Å². The fourth-order valence-electron chi connectivity index (χ4n) is 3.77. The molecule has 0 aliphatic heterocycles. The van der Waals surface area contributed by atoms with E-state index >= 15 is 0 Å². The Bertz CT molecular complexity index is 1060. The molecule has 0 radical (unpaired) electrons. The van der Waals surface area contributed by atoms with Crippen molar-refractivity contribution in [1.29, 1.82) is 0 Å². The van der Waals surface area contributed by atoms with E-state index in [1.807, 2.05) is 5.38 Å². The summed E-state index contributed by atoms with van der Waals surface area (Å²) in [5.41, 5.74) is 1.14. The Kier molecular flexibility index (Phi) is 5.26. The van der Waals surface area contributed by atoms with Crippen LogP contribution in [0.2, 0.25) is 0 Å². The number of ether oxygens (including phenoxy) is 1. The van der Waals surface area contributed by atoms with Gasteiger partial charge in [-0.2, -0.15) is 0 Å². The molecular formula is C21H21FN2O3S. The highest BCUT2D eigenvalue weighted by Crippen LogP contribution is 2.30. The van der Waals surface area contributed by atoms with Gasteiger partial charge in [-0.3, -0.25) is 14.2 Å². The smallest absolute Gasteiger partial charge is 0.326 e. The summed E-state index contributed by atoms with van der Waals surface area (Å²) in [5.74, 6) is -0.198. The first-order valence-electron chi connectivity index (χ1n) is 9.43. The highest BCUT2D eigenvalue weighted by Gasteiger charge is 2.23. The quantitative estimate of drug-likeness (QED) is 0.610. The Morgan fingerprint density at radius 2 is 2.11 bits per heavy atom. The topological polar surface area (TPSA) is 61.2 Å². The molecule has 1 aliphatic carbocycles. The van der Waals surface area contributed by atoms with Gasteiger partial charge in [0.05, 0.1) is 11.7 Å². The molecule has 0 bridgehead atoms. The molecule has 1 aliphatic rings. The molecule has 1 aromatic carbocycles. The van der Waals surface area contributed by atoms with Gasteiger partial charge in [0.2, 0.25) is 0 Å². The van der Waals surface area contributed by atoms with Crippen LogP contribution in [0, 0.1) is 11.7 Å². The molecule has 0 spiro atoms. The van der Waals surface area contributed by atoms with Gasteiger partial charge in [-0.15, -0.1) is 11.3 Å². The summed E-state index contributed by atoms with van der Waals surface area (Å²) in [6.07, 6.45) is 5.29. The van der Waals surface area contributed by atoms with Crippen LogP contribution in [0.5, 0.6) is 0 Å². The Labute approximate surface area is 165 Å². The lowest BCUT2D eigenvalue weighted by atomic mass is 9.89. The molecule has 2 atom stereocenters. The molecule has 1 fully saturated rings. The van der Waals surface area contributed by atoms with Crippen LogP contribution in [0.25, 0.3) is 21.3 Å². The van der Waals surface area contributed by atoms with Crippen molar-refractivity contribution < 1.29 is 13.9 Å². The van der Waals surface area contributed by atoms with Crippen molar-refractivity contribution in [2.45, 2.75) is 45.3 Å². The molecule has 0 amide bonds. The molecule has 4 rings (SSSR count). The van der Waals surface area contributed by atoms with Crippen LogP contribution >= 0.6 is 11.3 Å². The van der Waals surface area contributed by atoms with Crippen LogP contribution < -0.4 is 5.56 Å². The number of thiophene rings is 1. The van der Waals surface area contributed by atoms with Crippen LogP contribution in [0.15, 0.2) is 40.8 Å². The number of fused-ring (bicyclic) bond motifs is 1. The van der Waals surface area contributed by atoms with E-state index in [0.717, 1.165) is 24.8 Å². The zero-order valence-corrected chi connectivity index (χ0v) is 16.4. The monoisotopic (exact) mass is 400 g/mol. The minimum atomic E-state index is -0.416. The molecule has 3 aromatic rings. The number of nitrogens with zero attached hydrogens (tertiary/aromatic N) is 2. The Balaban J connectivity index is 1.59. The summed E-state index contributed by atoms with van der Waals surface area (Å²) < 4.78 is 20.1. The lowest BCUT2D eigenvalue weighted by molar-refractivity contribution is -0.152. The summed E-state index contributed by atoms with van der Waals surface area (Å²) in [4.78, 5) is 30.2. The highest BCUT2D eigenvalue weighted by molar-refractivity contribution is 7.17. The first-order chi connectivity index (χ1) is 13.5. The number of carbonyl (C=O) groups is 1. The third kappa shape index (κ3) is 3.85. The molecule has 146 valence electrons. The average Bonchev–Trinajstić information content (AvgIpc) is 3.09. The minimum absolute atomic E-state index is 0.0698. The van der Waals surface area contributed by atoms with E-state index in [2.05, 4.69) is 11.9 Å². The van der Waals surface area contributed by atoms with E-state index in [-0.39, 0.29) is 24.0 Å². The third-order valence-electron chi connectivity index (χ3n) is 5.20. The van der Waals surface area contributed by atoms with Gasteiger partial charge in [-0.05, 0) is 42.9 Å². The van der Waals surface area contributed by atoms with Gasteiger partial charge in [0, 0.05) is 10.9 Å². The number of hydrogen-bond donors (Lipinski definition) is 0. The van der Waals surface area contributed by atoms with E-state index in [9.17, 15) is 14.0 Å². The molecule has 2 aromatic heterocycles. The van der Waals surface area contributed by atoms with E-state index in [1.54, 1.807) is 12.1 Å². The Hall–Kier alpha value is -2.54. The summed E-state index contributed by atoms with van der Waals surface area (Å²) in [7, 11) is 0. The van der Waals surface area contributed by atoms with E-state index in [1.165, 1.54) is 40.8 Å². The summed E-state index contributed by atoms with van der Waals surface area (Å²) in [6, 6.07) is 5.98. The number of carbonyl (C=O) groups excluding carboxylic acids is 1. The van der Waals surface area contributed by atoms with Crippen molar-refractivity contribution in [2.75, 3.05) is 0 Å². The normalized spacial score (nSPS) is 19.6. The first kappa shape index (κ1) is 18.8. The van der Waals surface area contributed by atoms with Gasteiger partial charge in [-0.1, -0.05) is 25.5 Å². The lowest BCUT2D eigenvalue weighted by Crippen LogP contribution is -2.30. The maximum absolute atomic E-state index is 13.2. The zero-order chi connectivity index (χ0) is 19.7. The largest absolute Gasteiger partial charge is 0.461 e. The molecule has 0 unspecified atom stereocenters. The molecule has 0 saturated heterocycles.